The van der Waals surface area contributed by atoms with E-state index in [0.29, 0.717) is 50.5 Å². The Balaban J connectivity index is 1.76. The summed E-state index contributed by atoms with van der Waals surface area (Å²) in [6.07, 6.45) is 4.20. The normalized spacial score (nSPS) is 39.6. The average Bonchev–Trinajstić information content (AvgIpc) is 3.22. The highest BCUT2D eigenvalue weighted by Crippen LogP contribution is 2.39. The van der Waals surface area contributed by atoms with Crippen LogP contribution in [0.2, 0.25) is 0 Å². The van der Waals surface area contributed by atoms with Gasteiger partial charge in [0.1, 0.15) is 24.0 Å². The molecule has 0 aromatic rings. The molecule has 4 rings (SSSR count). The first-order valence-electron chi connectivity index (χ1n) is 22.5. The largest absolute Gasteiger partial charge is 0.456 e. The number of aliphatic hydroxyl groups is 4. The maximum Gasteiger partial charge on any atom is 0.329 e. The van der Waals surface area contributed by atoms with Crippen LogP contribution in [0.25, 0.3) is 0 Å². The summed E-state index contributed by atoms with van der Waals surface area (Å²) in [4.78, 5) is 58.1. The van der Waals surface area contributed by atoms with Gasteiger partial charge in [0.2, 0.25) is 5.79 Å². The molecule has 14 heteroatoms. The fourth-order valence-corrected chi connectivity index (χ4v) is 10.6. The zero-order chi connectivity index (χ0) is 44.3. The van der Waals surface area contributed by atoms with E-state index in [9.17, 15) is 39.6 Å². The van der Waals surface area contributed by atoms with E-state index in [1.807, 2.05) is 44.7 Å². The molecule has 2 saturated heterocycles. The number of thioether (sulfide) groups is 1. The second-order valence-electron chi connectivity index (χ2n) is 18.3. The second kappa shape index (κ2) is 23.5. The highest BCUT2D eigenvalue weighted by Gasteiger charge is 2.56. The van der Waals surface area contributed by atoms with Crippen LogP contribution in [0.15, 0.2) is 23.3 Å². The summed E-state index contributed by atoms with van der Waals surface area (Å²) in [6.45, 7) is 11.3. The van der Waals surface area contributed by atoms with Gasteiger partial charge < -0.3 is 44.3 Å². The monoisotopic (exact) mass is 866 g/mol. The van der Waals surface area contributed by atoms with E-state index in [1.54, 1.807) is 21.0 Å². The number of Topliss-reactive ketones (excluding diaryl/α,β-unsaturated/α-hetero) is 2. The highest BCUT2D eigenvalue weighted by molar-refractivity contribution is 7.99. The molecular formula is C46H75NO12S. The van der Waals surface area contributed by atoms with Crippen molar-refractivity contribution in [1.29, 1.82) is 0 Å². The minimum atomic E-state index is -2.58. The van der Waals surface area contributed by atoms with E-state index in [2.05, 4.69) is 6.92 Å². The molecule has 1 saturated carbocycles. The summed E-state index contributed by atoms with van der Waals surface area (Å²) in [6, 6.07) is -1.16. The molecule has 342 valence electrons. The Morgan fingerprint density at radius 1 is 0.933 bits per heavy atom. The summed E-state index contributed by atoms with van der Waals surface area (Å²) < 4.78 is 23.6. The van der Waals surface area contributed by atoms with Crippen LogP contribution in [0.1, 0.15) is 125 Å². The molecule has 14 atom stereocenters. The number of ketones is 2. The molecule has 0 aromatic carbocycles. The van der Waals surface area contributed by atoms with Crippen molar-refractivity contribution in [2.45, 2.75) is 180 Å². The number of hydrogen-bond acceptors (Lipinski definition) is 13. The van der Waals surface area contributed by atoms with Crippen molar-refractivity contribution in [1.82, 2.24) is 4.90 Å². The molecule has 3 aliphatic heterocycles. The Labute approximate surface area is 362 Å². The zero-order valence-corrected chi connectivity index (χ0v) is 38.2. The Morgan fingerprint density at radius 2 is 1.65 bits per heavy atom. The number of amides is 1. The quantitative estimate of drug-likeness (QED) is 0.0956. The van der Waals surface area contributed by atoms with E-state index < -0.39 is 83.9 Å². The number of rotatable bonds is 10. The predicted octanol–water partition coefficient (Wildman–Crippen LogP) is 5.33. The maximum absolute atomic E-state index is 14.4. The molecule has 0 aromatic heterocycles. The van der Waals surface area contributed by atoms with Gasteiger partial charge >= 0.3 is 5.97 Å². The smallest absolute Gasteiger partial charge is 0.329 e. The van der Waals surface area contributed by atoms with Gasteiger partial charge in [-0.25, -0.2) is 4.79 Å². The van der Waals surface area contributed by atoms with Gasteiger partial charge in [-0.1, -0.05) is 45.4 Å². The number of hydrogen-bond donors (Lipinski definition) is 4. The number of cyclic esters (lactones) is 1. The van der Waals surface area contributed by atoms with Crippen molar-refractivity contribution in [3.8, 4) is 0 Å². The second-order valence-corrected chi connectivity index (χ2v) is 19.5. The van der Waals surface area contributed by atoms with E-state index in [0.717, 1.165) is 34.8 Å². The lowest BCUT2D eigenvalue weighted by molar-refractivity contribution is -0.301. The summed E-state index contributed by atoms with van der Waals surface area (Å²) in [5, 5.41) is 45.8. The fourth-order valence-electron chi connectivity index (χ4n) is 9.74. The van der Waals surface area contributed by atoms with Gasteiger partial charge in [-0.3, -0.25) is 14.4 Å². The summed E-state index contributed by atoms with van der Waals surface area (Å²) in [5.74, 6) is -6.00. The van der Waals surface area contributed by atoms with Crippen LogP contribution in [0.3, 0.4) is 0 Å². The number of fused-ring (bicyclic) bond motifs is 3. The molecular weight excluding hydrogens is 791 g/mol. The molecule has 4 aliphatic rings. The first-order chi connectivity index (χ1) is 28.4. The third-order valence-electron chi connectivity index (χ3n) is 13.3. The lowest BCUT2D eigenvalue weighted by Crippen LogP contribution is -2.64. The van der Waals surface area contributed by atoms with Crippen molar-refractivity contribution in [3.05, 3.63) is 23.3 Å². The Kier molecular flexibility index (Phi) is 19.8. The lowest BCUT2D eigenvalue weighted by Gasteiger charge is -2.46. The molecule has 0 spiro atoms. The third kappa shape index (κ3) is 13.0. The number of piperidine rings is 1. The van der Waals surface area contributed by atoms with Crippen molar-refractivity contribution >= 4 is 35.2 Å². The van der Waals surface area contributed by atoms with Crippen LogP contribution >= 0.6 is 11.8 Å². The van der Waals surface area contributed by atoms with Crippen LogP contribution < -0.4 is 0 Å². The minimum absolute atomic E-state index is 0.0118. The van der Waals surface area contributed by atoms with Gasteiger partial charge in [0, 0.05) is 44.9 Å². The highest BCUT2D eigenvalue weighted by atomic mass is 32.2. The van der Waals surface area contributed by atoms with Crippen molar-refractivity contribution in [2.75, 3.05) is 32.3 Å². The number of carbonyl (C=O) groups excluding carboxylic acids is 4. The van der Waals surface area contributed by atoms with E-state index in [-0.39, 0.29) is 56.0 Å². The summed E-state index contributed by atoms with van der Waals surface area (Å²) in [7, 11) is 3.04. The van der Waals surface area contributed by atoms with E-state index in [4.69, 9.17) is 18.9 Å². The lowest BCUT2D eigenvalue weighted by atomic mass is 9.81. The molecule has 1 amide bonds. The van der Waals surface area contributed by atoms with Gasteiger partial charge in [-0.2, -0.15) is 11.8 Å². The SMILES string of the molecule is CCCSCCC[C@@H]1/C=C(\C)C[C@H](C)C[C@H](O)[C@H]2O[C@@](O)(C(=O)C(=O)N3CCCC[C@H]3C(=O)O[C@H](/C(C)=C/[C@@H]3CC[C@@H](O)[C@H](OC)C3)[C@H](C)[C@@H](O)CC1=O)[C@H](C)C[C@@H]2OC. The molecule has 0 radical (unpaired) electrons. The van der Waals surface area contributed by atoms with E-state index in [1.165, 1.54) is 7.11 Å². The topological polar surface area (TPSA) is 189 Å². The molecule has 0 unspecified atom stereocenters. The van der Waals surface area contributed by atoms with Gasteiger partial charge in [0.15, 0.2) is 0 Å². The average molecular weight is 866 g/mol. The Hall–Kier alpha value is -2.17. The number of esters is 1. The number of aliphatic hydroxyl groups excluding tert-OH is 3. The van der Waals surface area contributed by atoms with Gasteiger partial charge in [-0.05, 0) is 120 Å². The molecule has 1 aliphatic carbocycles. The molecule has 4 N–H and O–H groups in total. The van der Waals surface area contributed by atoms with Crippen LogP contribution in [0.5, 0.6) is 0 Å². The fraction of sp³-hybridized carbons (Fsp3) is 0.826. The summed E-state index contributed by atoms with van der Waals surface area (Å²) in [5.41, 5.74) is 1.61. The predicted molar refractivity (Wildman–Crippen MR) is 230 cm³/mol. The van der Waals surface area contributed by atoms with Crippen LogP contribution in [0, 0.1) is 29.6 Å². The standard InChI is InChI=1S/C46H75NO12S/c1-9-18-60-19-12-13-33-21-27(2)20-28(3)22-38(51)42-40(57-8)24-30(5)46(55,59-42)43(52)44(53)47-17-11-10-14-34(47)45(54)58-41(31(6)36(49)26-37(33)50)29(4)23-32-15-16-35(48)39(25-32)56-7/h21,23,28,30-36,38-42,48-49,51,55H,9-20,22,24-26H2,1-8H3/b27-21+,29-23+/t28-,30+,31+,32-,33+,34-,35+,36-,38-,39+,40-,41+,42+,46+/m0/s1. The van der Waals surface area contributed by atoms with Gasteiger partial charge in [-0.15, -0.1) is 0 Å². The Morgan fingerprint density at radius 3 is 2.33 bits per heavy atom. The molecule has 3 heterocycles. The first-order valence-corrected chi connectivity index (χ1v) is 23.6. The van der Waals surface area contributed by atoms with Gasteiger partial charge in [0.25, 0.3) is 11.7 Å². The number of allylic oxidation sites excluding steroid dienone is 3. The molecule has 3 fully saturated rings. The molecule has 2 bridgehead atoms. The number of methoxy groups -OCH3 is 2. The van der Waals surface area contributed by atoms with Crippen molar-refractivity contribution in [3.63, 3.8) is 0 Å². The van der Waals surface area contributed by atoms with Crippen LogP contribution in [-0.4, -0.2) is 136 Å². The maximum atomic E-state index is 14.4. The van der Waals surface area contributed by atoms with Crippen LogP contribution in [0.4, 0.5) is 0 Å². The zero-order valence-electron chi connectivity index (χ0n) is 37.4. The first kappa shape index (κ1) is 50.5. The number of carbonyl (C=O) groups is 4. The molecule has 60 heavy (non-hydrogen) atoms. The number of ether oxygens (including phenoxy) is 4. The number of nitrogens with zero attached hydrogens (tertiary/aromatic N) is 1. The summed E-state index contributed by atoms with van der Waals surface area (Å²) >= 11 is 1.85. The van der Waals surface area contributed by atoms with Gasteiger partial charge in [0.05, 0.1) is 30.5 Å². The van der Waals surface area contributed by atoms with Crippen molar-refractivity contribution in [2.24, 2.45) is 29.6 Å². The van der Waals surface area contributed by atoms with E-state index >= 15 is 0 Å². The Bertz CT molecular complexity index is 1500. The third-order valence-corrected chi connectivity index (χ3v) is 14.6. The minimum Gasteiger partial charge on any atom is -0.456 e. The molecule has 13 nitrogen and oxygen atoms in total. The van der Waals surface area contributed by atoms with Crippen molar-refractivity contribution < 1.29 is 58.6 Å². The van der Waals surface area contributed by atoms with Crippen LogP contribution in [-0.2, 0) is 38.1 Å².